The lowest BCUT2D eigenvalue weighted by atomic mass is 9.93. The second kappa shape index (κ2) is 9.88. The van der Waals surface area contributed by atoms with Crippen molar-refractivity contribution in [1.29, 1.82) is 0 Å². The summed E-state index contributed by atoms with van der Waals surface area (Å²) in [6.07, 6.45) is 6.77. The molecule has 2 heterocycles. The molecule has 0 radical (unpaired) electrons. The van der Waals surface area contributed by atoms with E-state index in [0.717, 1.165) is 69.4 Å². The maximum Gasteiger partial charge on any atom is 0.264 e. The molecule has 2 aromatic rings. The van der Waals surface area contributed by atoms with Crippen LogP contribution in [0.3, 0.4) is 0 Å². The van der Waals surface area contributed by atoms with Crippen LogP contribution in [-0.4, -0.2) is 39.4 Å². The van der Waals surface area contributed by atoms with Crippen molar-refractivity contribution in [2.75, 3.05) is 24.1 Å². The summed E-state index contributed by atoms with van der Waals surface area (Å²) in [6.45, 7) is 3.89. The van der Waals surface area contributed by atoms with Crippen LogP contribution in [0.1, 0.15) is 55.7 Å². The van der Waals surface area contributed by atoms with Crippen LogP contribution in [-0.2, 0) is 34.2 Å². The van der Waals surface area contributed by atoms with Crippen LogP contribution in [0.15, 0.2) is 41.3 Å². The third-order valence-electron chi connectivity index (χ3n) is 7.54. The van der Waals surface area contributed by atoms with Gasteiger partial charge in [0.25, 0.3) is 10.0 Å². The molecule has 34 heavy (non-hydrogen) atoms. The summed E-state index contributed by atoms with van der Waals surface area (Å²) in [7, 11) is -3.78. The van der Waals surface area contributed by atoms with Crippen LogP contribution in [0.25, 0.3) is 0 Å². The van der Waals surface area contributed by atoms with E-state index in [1.165, 1.54) is 5.56 Å². The van der Waals surface area contributed by atoms with Crippen molar-refractivity contribution in [2.24, 2.45) is 11.8 Å². The third kappa shape index (κ3) is 4.70. The number of hydrogen-bond acceptors (Lipinski definition) is 5. The van der Waals surface area contributed by atoms with Crippen molar-refractivity contribution >= 4 is 15.7 Å². The predicted molar refractivity (Wildman–Crippen MR) is 132 cm³/mol. The fourth-order valence-electron chi connectivity index (χ4n) is 5.30. The van der Waals surface area contributed by atoms with Gasteiger partial charge in [-0.25, -0.2) is 8.42 Å². The fraction of sp³-hybridized carbons (Fsp3) is 0.556. The van der Waals surface area contributed by atoms with Gasteiger partial charge in [0.05, 0.1) is 23.8 Å². The van der Waals surface area contributed by atoms with Gasteiger partial charge in [0.15, 0.2) is 0 Å². The Morgan fingerprint density at radius 3 is 2.56 bits per heavy atom. The number of hydrogen-bond donors (Lipinski definition) is 1. The van der Waals surface area contributed by atoms with Gasteiger partial charge in [0, 0.05) is 24.8 Å². The molecule has 0 aromatic heterocycles. The van der Waals surface area contributed by atoms with Crippen molar-refractivity contribution in [3.05, 3.63) is 53.1 Å². The third-order valence-corrected chi connectivity index (χ3v) is 9.38. The van der Waals surface area contributed by atoms with Gasteiger partial charge in [-0.1, -0.05) is 19.1 Å². The Morgan fingerprint density at radius 1 is 1.06 bits per heavy atom. The minimum atomic E-state index is -3.78. The van der Waals surface area contributed by atoms with E-state index in [4.69, 9.17) is 9.47 Å². The van der Waals surface area contributed by atoms with Crippen LogP contribution in [0.5, 0.6) is 5.75 Å². The zero-order valence-electron chi connectivity index (χ0n) is 19.9. The Morgan fingerprint density at radius 2 is 1.85 bits per heavy atom. The molecule has 0 unspecified atom stereocenters. The molecule has 3 aliphatic rings. The lowest BCUT2D eigenvalue weighted by Crippen LogP contribution is -2.45. The molecule has 184 valence electrons. The molecule has 1 N–H and O–H groups in total. The second-order valence-corrected chi connectivity index (χ2v) is 11.7. The summed E-state index contributed by atoms with van der Waals surface area (Å²) in [4.78, 5) is 0.216. The number of aryl methyl sites for hydroxylation is 2. The molecule has 0 amide bonds. The number of ether oxygens (including phenoxy) is 2. The summed E-state index contributed by atoms with van der Waals surface area (Å²) in [5, 5.41) is 10.0. The summed E-state index contributed by atoms with van der Waals surface area (Å²) in [5.41, 5.74) is 3.66. The van der Waals surface area contributed by atoms with Crippen LogP contribution >= 0.6 is 0 Å². The van der Waals surface area contributed by atoms with Crippen LogP contribution in [0.4, 0.5) is 5.69 Å². The minimum Gasteiger partial charge on any atom is -0.493 e. The van der Waals surface area contributed by atoms with Crippen molar-refractivity contribution in [3.8, 4) is 5.75 Å². The highest BCUT2D eigenvalue weighted by Gasteiger charge is 2.43. The first-order valence-corrected chi connectivity index (χ1v) is 14.1. The standard InChI is InChI=1S/C27H35NO5S/c1-2-19-3-8-26-22(15-19)6-9-25(21-4-5-21)28(26)34(30,31)24-7-10-27(23(16-24)17-29)33-18-20-11-13-32-14-12-20/h3,7-8,10,15-16,20-21,25,29H,2,4-6,9,11-14,17-18H2,1H3/t25-/m0/s1. The molecule has 0 spiro atoms. The molecule has 1 saturated carbocycles. The van der Waals surface area contributed by atoms with Crippen molar-refractivity contribution in [1.82, 2.24) is 0 Å². The van der Waals surface area contributed by atoms with Crippen LogP contribution < -0.4 is 9.04 Å². The Kier molecular flexibility index (Phi) is 6.87. The molecular formula is C27H35NO5S. The zero-order valence-corrected chi connectivity index (χ0v) is 20.7. The number of anilines is 1. The molecule has 1 aliphatic carbocycles. The van der Waals surface area contributed by atoms with Gasteiger partial charge in [-0.3, -0.25) is 4.31 Å². The van der Waals surface area contributed by atoms with E-state index < -0.39 is 10.0 Å². The van der Waals surface area contributed by atoms with Crippen LogP contribution in [0.2, 0.25) is 0 Å². The summed E-state index contributed by atoms with van der Waals surface area (Å²) in [5.74, 6) is 1.40. The lowest BCUT2D eigenvalue weighted by Gasteiger charge is -2.38. The average Bonchev–Trinajstić information content (AvgIpc) is 3.72. The first kappa shape index (κ1) is 23.6. The van der Waals surface area contributed by atoms with Crippen molar-refractivity contribution < 1.29 is 23.0 Å². The van der Waals surface area contributed by atoms with Gasteiger partial charge in [-0.2, -0.15) is 0 Å². The highest BCUT2D eigenvalue weighted by Crippen LogP contribution is 2.45. The number of benzene rings is 2. The summed E-state index contributed by atoms with van der Waals surface area (Å²) in [6, 6.07) is 11.1. The molecule has 2 fully saturated rings. The smallest absolute Gasteiger partial charge is 0.264 e. The molecule has 5 rings (SSSR count). The Hall–Kier alpha value is -2.09. The van der Waals surface area contributed by atoms with Crippen LogP contribution in [0, 0.1) is 11.8 Å². The number of aliphatic hydroxyl groups excluding tert-OH is 1. The predicted octanol–water partition coefficient (Wildman–Crippen LogP) is 4.47. The topological polar surface area (TPSA) is 76.1 Å². The monoisotopic (exact) mass is 485 g/mol. The SMILES string of the molecule is CCc1ccc2c(c1)CC[C@@H](C1CC1)N2S(=O)(=O)c1ccc(OCC2CCOCC2)c(CO)c1. The number of rotatable bonds is 8. The molecule has 1 atom stereocenters. The van der Waals surface area contributed by atoms with E-state index in [0.29, 0.717) is 29.8 Å². The molecule has 2 aromatic carbocycles. The van der Waals surface area contributed by atoms with E-state index in [9.17, 15) is 13.5 Å². The fourth-order valence-corrected chi connectivity index (χ4v) is 7.13. The van der Waals surface area contributed by atoms with Gasteiger partial charge in [0.1, 0.15) is 5.75 Å². The van der Waals surface area contributed by atoms with E-state index in [1.54, 1.807) is 22.5 Å². The minimum absolute atomic E-state index is 0.00741. The second-order valence-electron chi connectivity index (χ2n) is 9.86. The van der Waals surface area contributed by atoms with E-state index >= 15 is 0 Å². The molecular weight excluding hydrogens is 450 g/mol. The number of fused-ring (bicyclic) bond motifs is 1. The number of nitrogens with zero attached hydrogens (tertiary/aromatic N) is 1. The van der Waals surface area contributed by atoms with Gasteiger partial charge in [0.2, 0.25) is 0 Å². The molecule has 2 aliphatic heterocycles. The highest BCUT2D eigenvalue weighted by atomic mass is 32.2. The number of aliphatic hydroxyl groups is 1. The summed E-state index contributed by atoms with van der Waals surface area (Å²) < 4.78 is 41.1. The Balaban J connectivity index is 1.45. The van der Waals surface area contributed by atoms with Gasteiger partial charge in [-0.05, 0) is 92.2 Å². The van der Waals surface area contributed by atoms with E-state index in [-0.39, 0.29) is 17.5 Å². The summed E-state index contributed by atoms with van der Waals surface area (Å²) >= 11 is 0. The Labute approximate surface area is 202 Å². The maximum atomic E-state index is 14.0. The quantitative estimate of drug-likeness (QED) is 0.597. The number of sulfonamides is 1. The first-order chi connectivity index (χ1) is 16.5. The van der Waals surface area contributed by atoms with Gasteiger partial charge >= 0.3 is 0 Å². The normalized spacial score (nSPS) is 21.4. The van der Waals surface area contributed by atoms with Crippen molar-refractivity contribution in [2.45, 2.75) is 69.4 Å². The molecule has 6 nitrogen and oxygen atoms in total. The van der Waals surface area contributed by atoms with E-state index in [2.05, 4.69) is 13.0 Å². The lowest BCUT2D eigenvalue weighted by molar-refractivity contribution is 0.0494. The Bertz CT molecular complexity index is 1120. The molecule has 7 heteroatoms. The zero-order chi connectivity index (χ0) is 23.7. The van der Waals surface area contributed by atoms with Gasteiger partial charge in [-0.15, -0.1) is 0 Å². The van der Waals surface area contributed by atoms with Gasteiger partial charge < -0.3 is 14.6 Å². The molecule has 0 bridgehead atoms. The maximum absolute atomic E-state index is 14.0. The van der Waals surface area contributed by atoms with Crippen molar-refractivity contribution in [3.63, 3.8) is 0 Å². The average molecular weight is 486 g/mol. The first-order valence-electron chi connectivity index (χ1n) is 12.6. The highest BCUT2D eigenvalue weighted by molar-refractivity contribution is 7.92. The molecule has 1 saturated heterocycles. The van der Waals surface area contributed by atoms with E-state index in [1.807, 2.05) is 12.1 Å². The largest absolute Gasteiger partial charge is 0.493 e.